The molecular formula is C61H61Cl6N5O6S2. The average Bonchev–Trinajstić information content (AvgIpc) is 3.92. The summed E-state index contributed by atoms with van der Waals surface area (Å²) in [5.41, 5.74) is 8.60. The Hall–Kier alpha value is -5.61. The predicted molar refractivity (Wildman–Crippen MR) is 328 cm³/mol. The number of benzene rings is 5. The van der Waals surface area contributed by atoms with Crippen molar-refractivity contribution in [3.63, 3.8) is 0 Å². The fourth-order valence-corrected chi connectivity index (χ4v) is 11.9. The summed E-state index contributed by atoms with van der Waals surface area (Å²) in [4.78, 5) is 37.3. The number of carbonyl (C=O) groups excluding carboxylic acids is 1. The van der Waals surface area contributed by atoms with Crippen LogP contribution in [-0.2, 0) is 23.7 Å². The number of allylic oxidation sites excluding steroid dienone is 6. The van der Waals surface area contributed by atoms with Crippen molar-refractivity contribution in [3.8, 4) is 22.9 Å². The summed E-state index contributed by atoms with van der Waals surface area (Å²) < 4.78 is -0.963. The molecule has 0 saturated heterocycles. The van der Waals surface area contributed by atoms with Crippen molar-refractivity contribution >= 4 is 127 Å². The third-order valence-corrected chi connectivity index (χ3v) is 15.5. The summed E-state index contributed by atoms with van der Waals surface area (Å²) in [6, 6.07) is 32.6. The highest BCUT2D eigenvalue weighted by Crippen LogP contribution is 2.47. The van der Waals surface area contributed by atoms with Crippen LogP contribution in [0.3, 0.4) is 0 Å². The Morgan fingerprint density at radius 1 is 0.725 bits per heavy atom. The van der Waals surface area contributed by atoms with E-state index < -0.39 is 19.5 Å². The average molecular weight is 1240 g/mol. The van der Waals surface area contributed by atoms with Crippen molar-refractivity contribution < 1.29 is 34.6 Å². The quantitative estimate of drug-likeness (QED) is 0.0539. The molecule has 19 heteroatoms. The largest absolute Gasteiger partial charge is 0.544 e. The second-order valence-corrected chi connectivity index (χ2v) is 27.1. The fourth-order valence-electron chi connectivity index (χ4n) is 9.23. The summed E-state index contributed by atoms with van der Waals surface area (Å²) in [7, 11) is 0. The maximum absolute atomic E-state index is 11.3. The van der Waals surface area contributed by atoms with Gasteiger partial charge in [0.25, 0.3) is 5.01 Å². The standard InChI is InChI=1S/C25H20N2O4S2.C25H36O2.C11H5Cl6N3/c28-24(29)16-26-18-10-6-8-12-20(18)32-22(26)14-4-2-1-3-5-15-23-27(17-25(30)31)19-11-7-9-13-21(19)33-23;1-15-9-18(4)23(26)21(11-15)20(13-17(3)14-25(6,7)8)22-12-16(2)10-19(5)24(22)27;12-10(13,14)8-18-7(6-4-2-1-3-5-6)19-9(20-8)11(15,16)17/h1-15H,16-17H2,(H-,28,29,30,31);9-12,17,20,26-27H,13-14H2,1-8H3;1-5H. The van der Waals surface area contributed by atoms with Gasteiger partial charge in [0.2, 0.25) is 13.1 Å². The van der Waals surface area contributed by atoms with Gasteiger partial charge in [0.15, 0.2) is 24.0 Å². The Balaban J connectivity index is 0.000000200. The third-order valence-electron chi connectivity index (χ3n) is 12.2. The zero-order valence-corrected chi connectivity index (χ0v) is 51.4. The molecule has 0 aliphatic carbocycles. The zero-order valence-electron chi connectivity index (χ0n) is 45.2. The number of hydrogen-bond acceptors (Lipinski definition) is 11. The van der Waals surface area contributed by atoms with Crippen molar-refractivity contribution in [1.82, 2.24) is 15.0 Å². The molecule has 1 atom stereocenters. The summed E-state index contributed by atoms with van der Waals surface area (Å²) in [6.07, 6.45) is 15.0. The number of aromatic hydroxyl groups is 2. The van der Waals surface area contributed by atoms with Gasteiger partial charge in [-0.3, -0.25) is 4.79 Å². The number of phenols is 2. The number of carboxylic acid groups (broad SMARTS) is 2. The second kappa shape index (κ2) is 27.9. The highest BCUT2D eigenvalue weighted by Gasteiger charge is 2.34. The first kappa shape index (κ1) is 63.6. The number of alkyl halides is 6. The number of fused-ring (bicyclic) bond motifs is 2. The lowest BCUT2D eigenvalue weighted by atomic mass is 9.76. The molecule has 0 radical (unpaired) electrons. The van der Waals surface area contributed by atoms with E-state index in [1.165, 1.54) is 11.3 Å². The first-order chi connectivity index (χ1) is 37.6. The number of thiazole rings is 1. The number of halogens is 6. The van der Waals surface area contributed by atoms with Gasteiger partial charge in [0, 0.05) is 39.6 Å². The SMILES string of the molecule is Cc1cc(C)c(O)c(C(CC(C)CC(C)(C)C)c2cc(C)cc(C)c2O)c1.ClC(Cl)(Cl)c1nc(-c2ccccc2)nc(C(Cl)(Cl)Cl)n1.O=C([O-])C[n+]1c(/C=C/C=C/C=C/C=C2\Sc3ccccc3N2CC(=O)O)sc2ccccc21. The lowest BCUT2D eigenvalue weighted by Gasteiger charge is -2.29. The van der Waals surface area contributed by atoms with Crippen LogP contribution < -0.4 is 14.6 Å². The summed E-state index contributed by atoms with van der Waals surface area (Å²) >= 11 is 37.8. The first-order valence-corrected chi connectivity index (χ1v) is 29.1. The lowest BCUT2D eigenvalue weighted by Crippen LogP contribution is -2.44. The normalized spacial score (nSPS) is 13.7. The number of carboxylic acids is 2. The number of rotatable bonds is 14. The van der Waals surface area contributed by atoms with E-state index in [2.05, 4.69) is 68.6 Å². The van der Waals surface area contributed by atoms with E-state index in [1.54, 1.807) is 33.4 Å². The van der Waals surface area contributed by atoms with Gasteiger partial charge in [-0.15, -0.1) is 0 Å². The predicted octanol–water partition coefficient (Wildman–Crippen LogP) is 15.7. The van der Waals surface area contributed by atoms with Crippen LogP contribution in [0.1, 0.15) is 96.5 Å². The van der Waals surface area contributed by atoms with Gasteiger partial charge >= 0.3 is 5.97 Å². The molecule has 3 N–H and O–H groups in total. The Morgan fingerprint density at radius 3 is 1.82 bits per heavy atom. The molecule has 3 heterocycles. The highest BCUT2D eigenvalue weighted by atomic mass is 35.6. The molecular weight excluding hydrogens is 1180 g/mol. The topological polar surface area (TPSA) is 164 Å². The Morgan fingerprint density at radius 2 is 1.26 bits per heavy atom. The van der Waals surface area contributed by atoms with Crippen LogP contribution in [0.15, 0.2) is 150 Å². The number of aliphatic carboxylic acids is 2. The van der Waals surface area contributed by atoms with Crippen LogP contribution in [0.2, 0.25) is 0 Å². The molecule has 0 spiro atoms. The summed E-state index contributed by atoms with van der Waals surface area (Å²) in [5, 5.41) is 43.8. The van der Waals surface area contributed by atoms with Crippen LogP contribution >= 0.6 is 92.7 Å². The number of anilines is 1. The minimum absolute atomic E-state index is 0.0282. The Labute approximate surface area is 505 Å². The van der Waals surface area contributed by atoms with E-state index in [4.69, 9.17) is 69.6 Å². The van der Waals surface area contributed by atoms with Crippen LogP contribution in [0.4, 0.5) is 5.69 Å². The van der Waals surface area contributed by atoms with Gasteiger partial charge in [-0.25, -0.2) is 15.0 Å². The number of hydrogen-bond donors (Lipinski definition) is 3. The molecule has 2 aromatic heterocycles. The van der Waals surface area contributed by atoms with Gasteiger partial charge in [-0.2, -0.15) is 4.57 Å². The maximum Gasteiger partial charge on any atom is 0.323 e. The molecule has 420 valence electrons. The van der Waals surface area contributed by atoms with Crippen molar-refractivity contribution in [3.05, 3.63) is 195 Å². The Bertz CT molecular complexity index is 3370. The van der Waals surface area contributed by atoms with Gasteiger partial charge in [-0.05, 0) is 87.3 Å². The molecule has 0 bridgehead atoms. The number of thioether (sulfide) groups is 1. The molecule has 11 nitrogen and oxygen atoms in total. The molecule has 7 aromatic rings. The van der Waals surface area contributed by atoms with Gasteiger partial charge < -0.3 is 30.1 Å². The van der Waals surface area contributed by atoms with E-state index in [-0.39, 0.29) is 41.9 Å². The van der Waals surface area contributed by atoms with Crippen LogP contribution in [-0.4, -0.2) is 48.8 Å². The van der Waals surface area contributed by atoms with Crippen molar-refractivity contribution in [1.29, 1.82) is 0 Å². The van der Waals surface area contributed by atoms with Crippen molar-refractivity contribution in [2.45, 2.75) is 93.2 Å². The van der Waals surface area contributed by atoms with Crippen molar-refractivity contribution in [2.75, 3.05) is 11.4 Å². The summed E-state index contributed by atoms with van der Waals surface area (Å²) in [6.45, 7) is 16.8. The van der Waals surface area contributed by atoms with Gasteiger partial charge in [0.1, 0.15) is 28.7 Å². The van der Waals surface area contributed by atoms with Crippen molar-refractivity contribution in [2.24, 2.45) is 11.3 Å². The van der Waals surface area contributed by atoms with Crippen LogP contribution in [0.25, 0.3) is 27.7 Å². The molecule has 8 rings (SSSR count). The molecule has 5 aromatic carbocycles. The number of nitrogens with zero attached hydrogens (tertiary/aromatic N) is 5. The monoisotopic (exact) mass is 1230 g/mol. The lowest BCUT2D eigenvalue weighted by molar-refractivity contribution is -0.663. The number of aromatic nitrogens is 4. The smallest absolute Gasteiger partial charge is 0.323 e. The Kier molecular flexibility index (Phi) is 22.2. The second-order valence-electron chi connectivity index (χ2n) is 20.4. The van der Waals surface area contributed by atoms with E-state index >= 15 is 0 Å². The minimum Gasteiger partial charge on any atom is -0.544 e. The molecule has 80 heavy (non-hydrogen) atoms. The molecule has 1 unspecified atom stereocenters. The minimum atomic E-state index is -1.85. The fraction of sp³-hybridized carbons (Fsp3) is 0.279. The molecule has 0 saturated carbocycles. The molecule has 0 fully saturated rings. The molecule has 1 aliphatic heterocycles. The molecule has 0 amide bonds. The van der Waals surface area contributed by atoms with E-state index in [9.17, 15) is 30.0 Å². The van der Waals surface area contributed by atoms with Gasteiger partial charge in [-0.1, -0.05) is 241 Å². The van der Waals surface area contributed by atoms with Crippen LogP contribution in [0.5, 0.6) is 11.5 Å². The van der Waals surface area contributed by atoms with Gasteiger partial charge in [0.05, 0.1) is 10.7 Å². The number of para-hydroxylation sites is 2. The third kappa shape index (κ3) is 17.9. The van der Waals surface area contributed by atoms with Crippen LogP contribution in [0, 0.1) is 39.0 Å². The van der Waals surface area contributed by atoms with E-state index in [1.807, 2.05) is 135 Å². The maximum atomic E-state index is 11.3. The number of aryl methyl sites for hydroxylation is 4. The number of carbonyl (C=O) groups is 2. The first-order valence-electron chi connectivity index (χ1n) is 25.2. The van der Waals surface area contributed by atoms with E-state index in [0.29, 0.717) is 23.0 Å². The molecule has 1 aliphatic rings. The number of phenolic OH excluding ortho intramolecular Hbond substituents is 2. The highest BCUT2D eigenvalue weighted by molar-refractivity contribution is 8.03. The summed E-state index contributed by atoms with van der Waals surface area (Å²) in [5.74, 6) is -0.842. The zero-order chi connectivity index (χ0) is 58.7. The van der Waals surface area contributed by atoms with E-state index in [0.717, 1.165) is 77.1 Å².